The van der Waals surface area contributed by atoms with E-state index in [1.54, 1.807) is 19.1 Å². The SMILES string of the molecule is COC(=O)N1CCc2cc(OC)c(OC)cc2C1C(C)(C)C. The summed E-state index contributed by atoms with van der Waals surface area (Å²) in [6.45, 7) is 7.01. The minimum absolute atomic E-state index is 0.0662. The van der Waals surface area contributed by atoms with Gasteiger partial charge in [-0.2, -0.15) is 0 Å². The van der Waals surface area contributed by atoms with Gasteiger partial charge in [-0.1, -0.05) is 20.8 Å². The zero-order valence-electron chi connectivity index (χ0n) is 14.2. The highest BCUT2D eigenvalue weighted by atomic mass is 16.5. The zero-order chi connectivity index (χ0) is 16.5. The largest absolute Gasteiger partial charge is 0.493 e. The molecular weight excluding hydrogens is 282 g/mol. The molecule has 22 heavy (non-hydrogen) atoms. The second-order valence-electron chi connectivity index (χ2n) is 6.59. The van der Waals surface area contributed by atoms with Crippen molar-refractivity contribution in [2.24, 2.45) is 5.41 Å². The Bertz CT molecular complexity index is 563. The monoisotopic (exact) mass is 307 g/mol. The predicted molar refractivity (Wildman–Crippen MR) is 84.6 cm³/mol. The Labute approximate surface area is 132 Å². The van der Waals surface area contributed by atoms with E-state index in [0.29, 0.717) is 12.3 Å². The highest BCUT2D eigenvalue weighted by Gasteiger charge is 2.39. The minimum Gasteiger partial charge on any atom is -0.493 e. The first kappa shape index (κ1) is 16.5. The first-order chi connectivity index (χ1) is 10.3. The molecular formula is C17H25NO4. The molecule has 0 fully saturated rings. The minimum atomic E-state index is -0.291. The van der Waals surface area contributed by atoms with Crippen molar-refractivity contribution in [1.82, 2.24) is 4.90 Å². The van der Waals surface area contributed by atoms with Crippen LogP contribution in [0.25, 0.3) is 0 Å². The molecule has 2 rings (SSSR count). The number of nitrogens with zero attached hydrogens (tertiary/aromatic N) is 1. The van der Waals surface area contributed by atoms with Crippen LogP contribution in [0.3, 0.4) is 0 Å². The maximum absolute atomic E-state index is 12.2. The van der Waals surface area contributed by atoms with Crippen molar-refractivity contribution in [3.63, 3.8) is 0 Å². The fraction of sp³-hybridized carbons (Fsp3) is 0.588. The molecule has 0 aliphatic carbocycles. The quantitative estimate of drug-likeness (QED) is 0.840. The van der Waals surface area contributed by atoms with Gasteiger partial charge in [-0.05, 0) is 35.1 Å². The van der Waals surface area contributed by atoms with Gasteiger partial charge in [-0.15, -0.1) is 0 Å². The Morgan fingerprint density at radius 2 is 1.73 bits per heavy atom. The number of hydrogen-bond donors (Lipinski definition) is 0. The summed E-state index contributed by atoms with van der Waals surface area (Å²) in [7, 11) is 4.68. The first-order valence-corrected chi connectivity index (χ1v) is 7.42. The van der Waals surface area contributed by atoms with Gasteiger partial charge in [0.05, 0.1) is 27.4 Å². The summed E-state index contributed by atoms with van der Waals surface area (Å²) in [4.78, 5) is 14.0. The third-order valence-corrected chi connectivity index (χ3v) is 4.10. The number of methoxy groups -OCH3 is 3. The maximum atomic E-state index is 12.2. The van der Waals surface area contributed by atoms with Crippen molar-refractivity contribution in [3.8, 4) is 11.5 Å². The molecule has 0 aromatic heterocycles. The van der Waals surface area contributed by atoms with Gasteiger partial charge in [0.2, 0.25) is 0 Å². The summed E-state index contributed by atoms with van der Waals surface area (Å²) in [5.41, 5.74) is 2.17. The average molecular weight is 307 g/mol. The van der Waals surface area contributed by atoms with Crippen molar-refractivity contribution < 1.29 is 19.0 Å². The van der Waals surface area contributed by atoms with Gasteiger partial charge in [0.15, 0.2) is 11.5 Å². The number of fused-ring (bicyclic) bond motifs is 1. The lowest BCUT2D eigenvalue weighted by atomic mass is 9.77. The van der Waals surface area contributed by atoms with Crippen LogP contribution in [-0.2, 0) is 11.2 Å². The van der Waals surface area contributed by atoms with E-state index in [-0.39, 0.29) is 17.6 Å². The maximum Gasteiger partial charge on any atom is 0.410 e. The number of hydrogen-bond acceptors (Lipinski definition) is 4. The smallest absolute Gasteiger partial charge is 0.410 e. The zero-order valence-corrected chi connectivity index (χ0v) is 14.2. The average Bonchev–Trinajstić information content (AvgIpc) is 2.50. The van der Waals surface area contributed by atoms with Crippen LogP contribution in [0, 0.1) is 5.41 Å². The van der Waals surface area contributed by atoms with Crippen molar-refractivity contribution in [1.29, 1.82) is 0 Å². The van der Waals surface area contributed by atoms with Crippen LogP contribution in [0.2, 0.25) is 0 Å². The van der Waals surface area contributed by atoms with Crippen molar-refractivity contribution in [3.05, 3.63) is 23.3 Å². The van der Waals surface area contributed by atoms with Gasteiger partial charge in [0, 0.05) is 6.54 Å². The van der Waals surface area contributed by atoms with Crippen molar-refractivity contribution >= 4 is 6.09 Å². The van der Waals surface area contributed by atoms with Gasteiger partial charge in [-0.3, -0.25) is 0 Å². The van der Waals surface area contributed by atoms with Gasteiger partial charge in [-0.25, -0.2) is 4.79 Å². The van der Waals surface area contributed by atoms with E-state index in [4.69, 9.17) is 14.2 Å². The van der Waals surface area contributed by atoms with Crippen LogP contribution in [0.5, 0.6) is 11.5 Å². The molecule has 0 spiro atoms. The van der Waals surface area contributed by atoms with Crippen LogP contribution in [0.4, 0.5) is 4.79 Å². The third-order valence-electron chi connectivity index (χ3n) is 4.10. The lowest BCUT2D eigenvalue weighted by Gasteiger charge is -2.43. The second kappa shape index (κ2) is 6.07. The molecule has 1 aliphatic rings. The lowest BCUT2D eigenvalue weighted by Crippen LogP contribution is -2.45. The van der Waals surface area contributed by atoms with Crippen LogP contribution in [0.1, 0.15) is 37.9 Å². The number of ether oxygens (including phenoxy) is 3. The van der Waals surface area contributed by atoms with E-state index in [0.717, 1.165) is 17.7 Å². The summed E-state index contributed by atoms with van der Waals surface area (Å²) in [5.74, 6) is 1.41. The molecule has 1 unspecified atom stereocenters. The molecule has 1 atom stereocenters. The normalized spacial score (nSPS) is 17.7. The van der Waals surface area contributed by atoms with E-state index >= 15 is 0 Å². The summed E-state index contributed by atoms with van der Waals surface area (Å²) < 4.78 is 15.8. The third kappa shape index (κ3) is 2.85. The van der Waals surface area contributed by atoms with Gasteiger partial charge >= 0.3 is 6.09 Å². The molecule has 122 valence electrons. The van der Waals surface area contributed by atoms with Crippen LogP contribution >= 0.6 is 0 Å². The number of carbonyl (C=O) groups is 1. The van der Waals surface area contributed by atoms with E-state index in [1.807, 2.05) is 12.1 Å². The molecule has 1 heterocycles. The van der Waals surface area contributed by atoms with Crippen LogP contribution in [-0.4, -0.2) is 38.9 Å². The number of amides is 1. The van der Waals surface area contributed by atoms with Crippen molar-refractivity contribution in [2.45, 2.75) is 33.2 Å². The standard InChI is InChI=1S/C17H25NO4/c1-17(2,3)15-12-10-14(21-5)13(20-4)9-11(12)7-8-18(15)16(19)22-6/h9-10,15H,7-8H2,1-6H3. The Hall–Kier alpha value is -1.91. The molecule has 1 amide bonds. The number of rotatable bonds is 2. The molecule has 5 heteroatoms. The molecule has 1 aliphatic heterocycles. The topological polar surface area (TPSA) is 48.0 Å². The molecule has 0 bridgehead atoms. The summed E-state index contributed by atoms with van der Waals surface area (Å²) in [6.07, 6.45) is 0.484. The van der Waals surface area contributed by atoms with Crippen LogP contribution in [0.15, 0.2) is 12.1 Å². The highest BCUT2D eigenvalue weighted by Crippen LogP contribution is 2.45. The Morgan fingerprint density at radius 3 is 2.23 bits per heavy atom. The highest BCUT2D eigenvalue weighted by molar-refractivity contribution is 5.69. The fourth-order valence-electron chi connectivity index (χ4n) is 3.19. The summed E-state index contributed by atoms with van der Waals surface area (Å²) >= 11 is 0. The summed E-state index contributed by atoms with van der Waals surface area (Å²) in [6, 6.07) is 3.93. The molecule has 1 aromatic rings. The Kier molecular flexibility index (Phi) is 4.54. The Balaban J connectivity index is 2.58. The molecule has 5 nitrogen and oxygen atoms in total. The summed E-state index contributed by atoms with van der Waals surface area (Å²) in [5, 5.41) is 0. The molecule has 0 saturated heterocycles. The van der Waals surface area contributed by atoms with Gasteiger partial charge in [0.25, 0.3) is 0 Å². The van der Waals surface area contributed by atoms with Gasteiger partial charge < -0.3 is 19.1 Å². The number of benzene rings is 1. The van der Waals surface area contributed by atoms with E-state index < -0.39 is 0 Å². The molecule has 0 radical (unpaired) electrons. The van der Waals surface area contributed by atoms with E-state index in [2.05, 4.69) is 20.8 Å². The number of carbonyl (C=O) groups excluding carboxylic acids is 1. The predicted octanol–water partition coefficient (Wildman–Crippen LogP) is 3.42. The second-order valence-corrected chi connectivity index (χ2v) is 6.59. The van der Waals surface area contributed by atoms with E-state index in [1.165, 1.54) is 12.7 Å². The first-order valence-electron chi connectivity index (χ1n) is 7.42. The van der Waals surface area contributed by atoms with Crippen LogP contribution < -0.4 is 9.47 Å². The lowest BCUT2D eigenvalue weighted by molar-refractivity contribution is 0.0632. The Morgan fingerprint density at radius 1 is 1.14 bits per heavy atom. The van der Waals surface area contributed by atoms with Gasteiger partial charge in [0.1, 0.15) is 0 Å². The van der Waals surface area contributed by atoms with E-state index in [9.17, 15) is 4.79 Å². The fourth-order valence-corrected chi connectivity index (χ4v) is 3.19. The molecule has 0 saturated carbocycles. The van der Waals surface area contributed by atoms with Crippen molar-refractivity contribution in [2.75, 3.05) is 27.9 Å². The molecule has 1 aromatic carbocycles. The molecule has 0 N–H and O–H groups in total.